The van der Waals surface area contributed by atoms with Crippen LogP contribution in [0.2, 0.25) is 0 Å². The molecule has 2 rings (SSSR count). The second-order valence-electron chi connectivity index (χ2n) is 3.80. The summed E-state index contributed by atoms with van der Waals surface area (Å²) in [5, 5.41) is 19.6. The highest BCUT2D eigenvalue weighted by Crippen LogP contribution is 2.14. The molecule has 1 aromatic rings. The Labute approximate surface area is 87.3 Å². The van der Waals surface area contributed by atoms with Crippen molar-refractivity contribution in [3.8, 4) is 0 Å². The highest BCUT2D eigenvalue weighted by Gasteiger charge is 2.18. The van der Waals surface area contributed by atoms with Gasteiger partial charge in [0.2, 0.25) is 0 Å². The van der Waals surface area contributed by atoms with E-state index >= 15 is 0 Å². The minimum atomic E-state index is -0.964. The van der Waals surface area contributed by atoms with Gasteiger partial charge in [0.05, 0.1) is 6.20 Å². The zero-order valence-corrected chi connectivity index (χ0v) is 8.39. The number of carboxylic acid groups (broad SMARTS) is 1. The molecule has 0 atom stereocenters. The molecule has 6 heteroatoms. The van der Waals surface area contributed by atoms with Gasteiger partial charge in [-0.15, -0.1) is 5.10 Å². The topological polar surface area (TPSA) is 80.0 Å². The third-order valence-electron chi connectivity index (χ3n) is 2.73. The Bertz CT molecular complexity index is 344. The molecule has 1 fully saturated rings. The summed E-state index contributed by atoms with van der Waals surface area (Å²) in [6.07, 6.45) is 3.43. The smallest absolute Gasteiger partial charge is 0.355 e. The average Bonchev–Trinajstić information content (AvgIpc) is 2.67. The van der Waals surface area contributed by atoms with E-state index in [1.165, 1.54) is 10.9 Å². The molecule has 1 aromatic heterocycles. The minimum absolute atomic E-state index is 0.175. The van der Waals surface area contributed by atoms with E-state index in [9.17, 15) is 4.79 Å². The Morgan fingerprint density at radius 2 is 2.33 bits per heavy atom. The molecule has 1 aliphatic rings. The number of rotatable bonds is 3. The van der Waals surface area contributed by atoms with E-state index in [1.807, 2.05) is 0 Å². The van der Waals surface area contributed by atoms with Crippen LogP contribution in [0.4, 0.5) is 0 Å². The lowest BCUT2D eigenvalue weighted by atomic mass is 9.98. The lowest BCUT2D eigenvalue weighted by Gasteiger charge is -2.22. The SMILES string of the molecule is O=C(O)c1cnnn1CC1CCNCC1. The number of piperidine rings is 1. The van der Waals surface area contributed by atoms with Gasteiger partial charge in [0.25, 0.3) is 0 Å². The highest BCUT2D eigenvalue weighted by molar-refractivity contribution is 5.85. The van der Waals surface area contributed by atoms with E-state index in [-0.39, 0.29) is 5.69 Å². The monoisotopic (exact) mass is 210 g/mol. The summed E-state index contributed by atoms with van der Waals surface area (Å²) in [7, 11) is 0. The maximum absolute atomic E-state index is 10.8. The first-order valence-corrected chi connectivity index (χ1v) is 5.10. The molecular weight excluding hydrogens is 196 g/mol. The molecule has 0 bridgehead atoms. The van der Waals surface area contributed by atoms with Crippen molar-refractivity contribution in [1.29, 1.82) is 0 Å². The number of hydrogen-bond acceptors (Lipinski definition) is 4. The number of aromatic carboxylic acids is 1. The van der Waals surface area contributed by atoms with Gasteiger partial charge in [-0.3, -0.25) is 0 Å². The van der Waals surface area contributed by atoms with Gasteiger partial charge in [-0.05, 0) is 31.8 Å². The molecule has 2 heterocycles. The standard InChI is InChI=1S/C9H14N4O2/c14-9(15)8-5-11-12-13(8)6-7-1-3-10-4-2-7/h5,7,10H,1-4,6H2,(H,14,15). The van der Waals surface area contributed by atoms with Crippen LogP contribution in [0.25, 0.3) is 0 Å². The third-order valence-corrected chi connectivity index (χ3v) is 2.73. The Balaban J connectivity index is 2.03. The lowest BCUT2D eigenvalue weighted by molar-refractivity contribution is 0.0681. The maximum atomic E-state index is 10.8. The van der Waals surface area contributed by atoms with Crippen molar-refractivity contribution in [3.63, 3.8) is 0 Å². The molecule has 15 heavy (non-hydrogen) atoms. The first-order chi connectivity index (χ1) is 7.27. The molecule has 1 aliphatic heterocycles. The van der Waals surface area contributed by atoms with Gasteiger partial charge in [-0.25, -0.2) is 9.48 Å². The van der Waals surface area contributed by atoms with Crippen LogP contribution < -0.4 is 5.32 Å². The predicted octanol–water partition coefficient (Wildman–Crippen LogP) is -0.0241. The number of nitrogens with zero attached hydrogens (tertiary/aromatic N) is 3. The molecule has 0 unspecified atom stereocenters. The first-order valence-electron chi connectivity index (χ1n) is 5.10. The van der Waals surface area contributed by atoms with Crippen LogP contribution in [0.5, 0.6) is 0 Å². The van der Waals surface area contributed by atoms with Crippen molar-refractivity contribution in [3.05, 3.63) is 11.9 Å². The number of nitrogens with one attached hydrogen (secondary N) is 1. The third kappa shape index (κ3) is 2.33. The Morgan fingerprint density at radius 3 is 3.00 bits per heavy atom. The van der Waals surface area contributed by atoms with Gasteiger partial charge in [0, 0.05) is 6.54 Å². The minimum Gasteiger partial charge on any atom is -0.476 e. The van der Waals surface area contributed by atoms with Crippen molar-refractivity contribution in [1.82, 2.24) is 20.3 Å². The fraction of sp³-hybridized carbons (Fsp3) is 0.667. The zero-order chi connectivity index (χ0) is 10.7. The van der Waals surface area contributed by atoms with Crippen molar-refractivity contribution in [2.24, 2.45) is 5.92 Å². The molecule has 6 nitrogen and oxygen atoms in total. The van der Waals surface area contributed by atoms with Crippen molar-refractivity contribution in [2.75, 3.05) is 13.1 Å². The van der Waals surface area contributed by atoms with Crippen LogP contribution in [0.3, 0.4) is 0 Å². The molecule has 82 valence electrons. The summed E-state index contributed by atoms with van der Waals surface area (Å²) in [5.41, 5.74) is 0.175. The van der Waals surface area contributed by atoms with Gasteiger partial charge >= 0.3 is 5.97 Å². The van der Waals surface area contributed by atoms with E-state index in [0.717, 1.165) is 25.9 Å². The summed E-state index contributed by atoms with van der Waals surface area (Å²) in [5.74, 6) is -0.458. The molecule has 2 N–H and O–H groups in total. The van der Waals surface area contributed by atoms with Crippen LogP contribution in [0, 0.1) is 5.92 Å². The summed E-state index contributed by atoms with van der Waals surface area (Å²) in [6.45, 7) is 2.66. The summed E-state index contributed by atoms with van der Waals surface area (Å²) in [6, 6.07) is 0. The normalized spacial score (nSPS) is 17.9. The number of aromatic nitrogens is 3. The van der Waals surface area contributed by atoms with Crippen LogP contribution in [-0.4, -0.2) is 39.2 Å². The van der Waals surface area contributed by atoms with Crippen LogP contribution in [0.1, 0.15) is 23.3 Å². The van der Waals surface area contributed by atoms with Gasteiger partial charge in [-0.1, -0.05) is 5.21 Å². The van der Waals surface area contributed by atoms with Crippen molar-refractivity contribution < 1.29 is 9.90 Å². The van der Waals surface area contributed by atoms with Crippen molar-refractivity contribution in [2.45, 2.75) is 19.4 Å². The van der Waals surface area contributed by atoms with Crippen LogP contribution in [-0.2, 0) is 6.54 Å². The van der Waals surface area contributed by atoms with Crippen LogP contribution in [0.15, 0.2) is 6.20 Å². The number of carboxylic acids is 1. The second-order valence-corrected chi connectivity index (χ2v) is 3.80. The molecule has 0 aromatic carbocycles. The van der Waals surface area contributed by atoms with E-state index in [1.54, 1.807) is 0 Å². The second kappa shape index (κ2) is 4.39. The highest BCUT2D eigenvalue weighted by atomic mass is 16.4. The Morgan fingerprint density at radius 1 is 1.60 bits per heavy atom. The molecule has 0 saturated carbocycles. The van der Waals surface area contributed by atoms with Gasteiger partial charge in [0.1, 0.15) is 0 Å². The quantitative estimate of drug-likeness (QED) is 0.732. The maximum Gasteiger partial charge on any atom is 0.355 e. The number of carbonyl (C=O) groups is 1. The summed E-state index contributed by atoms with van der Waals surface area (Å²) < 4.78 is 1.48. The molecule has 0 amide bonds. The fourth-order valence-electron chi connectivity index (χ4n) is 1.87. The van der Waals surface area contributed by atoms with E-state index in [2.05, 4.69) is 15.6 Å². The van der Waals surface area contributed by atoms with E-state index < -0.39 is 5.97 Å². The van der Waals surface area contributed by atoms with E-state index in [4.69, 9.17) is 5.11 Å². The van der Waals surface area contributed by atoms with Crippen LogP contribution >= 0.6 is 0 Å². The van der Waals surface area contributed by atoms with Gasteiger partial charge in [0.15, 0.2) is 5.69 Å². The van der Waals surface area contributed by atoms with E-state index in [0.29, 0.717) is 12.5 Å². The zero-order valence-electron chi connectivity index (χ0n) is 8.39. The van der Waals surface area contributed by atoms with Gasteiger partial charge < -0.3 is 10.4 Å². The molecule has 1 saturated heterocycles. The summed E-state index contributed by atoms with van der Waals surface area (Å²) >= 11 is 0. The first kappa shape index (κ1) is 10.1. The predicted molar refractivity (Wildman–Crippen MR) is 52.6 cm³/mol. The average molecular weight is 210 g/mol. The number of hydrogen-bond donors (Lipinski definition) is 2. The lowest BCUT2D eigenvalue weighted by Crippen LogP contribution is -2.30. The molecule has 0 radical (unpaired) electrons. The Kier molecular flexibility index (Phi) is 2.96. The Hall–Kier alpha value is -1.43. The molecule has 0 aliphatic carbocycles. The summed E-state index contributed by atoms with van der Waals surface area (Å²) in [4.78, 5) is 10.8. The largest absolute Gasteiger partial charge is 0.476 e. The van der Waals surface area contributed by atoms with Crippen molar-refractivity contribution >= 4 is 5.97 Å². The molecule has 0 spiro atoms. The fourth-order valence-corrected chi connectivity index (χ4v) is 1.87. The molecular formula is C9H14N4O2. The van der Waals surface area contributed by atoms with Gasteiger partial charge in [-0.2, -0.15) is 0 Å².